The fourth-order valence-electron chi connectivity index (χ4n) is 8.37. The molecule has 3 saturated heterocycles. The van der Waals surface area contributed by atoms with Gasteiger partial charge in [0.25, 0.3) is 5.91 Å². The van der Waals surface area contributed by atoms with Gasteiger partial charge in [0.2, 0.25) is 0 Å². The van der Waals surface area contributed by atoms with Crippen molar-refractivity contribution in [2.24, 2.45) is 21.4 Å². The molecule has 0 saturated carbocycles. The van der Waals surface area contributed by atoms with Gasteiger partial charge in [-0.3, -0.25) is 14.6 Å². The topological polar surface area (TPSA) is 152 Å². The highest BCUT2D eigenvalue weighted by molar-refractivity contribution is 6.42. The number of halogens is 2. The molecule has 7 rings (SSSR count). The summed E-state index contributed by atoms with van der Waals surface area (Å²) in [5, 5.41) is 25.6. The molecule has 3 unspecified atom stereocenters. The van der Waals surface area contributed by atoms with Crippen LogP contribution in [0.4, 0.5) is 4.79 Å². The fraction of sp³-hybridized carbons (Fsp3) is 0.462. The summed E-state index contributed by atoms with van der Waals surface area (Å²) in [6, 6.07) is 14.5. The van der Waals surface area contributed by atoms with E-state index >= 15 is 0 Å². The fourth-order valence-corrected chi connectivity index (χ4v) is 8.67. The zero-order valence-electron chi connectivity index (χ0n) is 30.2. The van der Waals surface area contributed by atoms with Gasteiger partial charge in [-0.1, -0.05) is 41.4 Å². The molecule has 5 heterocycles. The van der Waals surface area contributed by atoms with Gasteiger partial charge in [0.15, 0.2) is 0 Å². The minimum Gasteiger partial charge on any atom is -0.496 e. The average Bonchev–Trinajstić information content (AvgIpc) is 3.91. The number of carbonyl (C=O) groups is 3. The van der Waals surface area contributed by atoms with Crippen LogP contribution < -0.4 is 10.1 Å². The van der Waals surface area contributed by atoms with Crippen LogP contribution in [-0.4, -0.2) is 102 Å². The number of aromatic nitrogens is 1. The van der Waals surface area contributed by atoms with Gasteiger partial charge >= 0.3 is 12.0 Å². The van der Waals surface area contributed by atoms with Crippen LogP contribution >= 0.6 is 23.2 Å². The Labute approximate surface area is 324 Å². The number of carbonyl (C=O) groups excluding carboxylic acids is 2. The van der Waals surface area contributed by atoms with Gasteiger partial charge in [0.1, 0.15) is 11.8 Å². The summed E-state index contributed by atoms with van der Waals surface area (Å²) in [6.45, 7) is 3.96. The Kier molecular flexibility index (Phi) is 11.2. The van der Waals surface area contributed by atoms with Crippen molar-refractivity contribution in [3.05, 3.63) is 93.2 Å². The minimum atomic E-state index is -0.868. The number of nitrogens with zero attached hydrogens (tertiary/aromatic N) is 7. The lowest BCUT2D eigenvalue weighted by molar-refractivity contribution is -0.143. The molecule has 54 heavy (non-hydrogen) atoms. The molecule has 2 N–H and O–H groups in total. The zero-order chi connectivity index (χ0) is 37.9. The van der Waals surface area contributed by atoms with Gasteiger partial charge in [-0.05, 0) is 97.3 Å². The number of piperidine rings is 2. The van der Waals surface area contributed by atoms with Crippen molar-refractivity contribution in [1.29, 1.82) is 0 Å². The standard InChI is InChI=1S/C39H44Cl2N8O5/c1-54-34-9-6-26(33-23-43-46-45-33)20-30(34)35(50)49-19-11-38(25-49,28-7-8-31(40)32(41)21-28)10-16-47-17-12-39(13-18-47,29-5-2-14-42-22-29)44-37(53)48-15-3-4-27(24-48)36(51)52/h2,5-9,14,20-23,27,33H,3-4,10-13,15-19,24-25H2,1H3,(H,44,53)(H,51,52). The predicted molar refractivity (Wildman–Crippen MR) is 204 cm³/mol. The normalized spacial score (nSPS) is 23.8. The second-order valence-corrected chi connectivity index (χ2v) is 15.5. The number of pyridine rings is 1. The summed E-state index contributed by atoms with van der Waals surface area (Å²) < 4.78 is 5.63. The van der Waals surface area contributed by atoms with E-state index in [-0.39, 0.29) is 29.9 Å². The number of benzene rings is 2. The molecule has 13 nitrogen and oxygen atoms in total. The zero-order valence-corrected chi connectivity index (χ0v) is 31.7. The van der Waals surface area contributed by atoms with Gasteiger partial charge in [-0.15, -0.1) is 5.10 Å². The Morgan fingerprint density at radius 3 is 2.52 bits per heavy atom. The van der Waals surface area contributed by atoms with Crippen LogP contribution in [0.1, 0.15) is 71.6 Å². The molecule has 284 valence electrons. The molecule has 2 aromatic carbocycles. The van der Waals surface area contributed by atoms with Gasteiger partial charge in [0, 0.05) is 57.1 Å². The van der Waals surface area contributed by atoms with E-state index in [1.165, 1.54) is 0 Å². The van der Waals surface area contributed by atoms with Crippen LogP contribution in [0.5, 0.6) is 5.75 Å². The predicted octanol–water partition coefficient (Wildman–Crippen LogP) is 6.56. The molecule has 4 aliphatic rings. The van der Waals surface area contributed by atoms with E-state index in [9.17, 15) is 19.5 Å². The first-order chi connectivity index (χ1) is 26.1. The van der Waals surface area contributed by atoms with Gasteiger partial charge in [-0.2, -0.15) is 5.11 Å². The van der Waals surface area contributed by atoms with Crippen molar-refractivity contribution < 1.29 is 24.2 Å². The number of nitrogens with one attached hydrogen (secondary N) is 1. The van der Waals surface area contributed by atoms with E-state index in [1.54, 1.807) is 30.5 Å². The molecule has 4 aliphatic heterocycles. The third-order valence-corrected chi connectivity index (χ3v) is 12.4. The number of urea groups is 1. The van der Waals surface area contributed by atoms with Crippen LogP contribution in [-0.2, 0) is 15.7 Å². The highest BCUT2D eigenvalue weighted by atomic mass is 35.5. The van der Waals surface area contributed by atoms with Gasteiger partial charge in [-0.25, -0.2) is 4.79 Å². The van der Waals surface area contributed by atoms with Crippen molar-refractivity contribution in [3.63, 3.8) is 0 Å². The van der Waals surface area contributed by atoms with Crippen LogP contribution in [0, 0.1) is 5.92 Å². The average molecular weight is 776 g/mol. The van der Waals surface area contributed by atoms with Gasteiger partial charge in [0.05, 0.1) is 40.4 Å². The third-order valence-electron chi connectivity index (χ3n) is 11.6. The molecule has 0 bridgehead atoms. The van der Waals surface area contributed by atoms with Gasteiger partial charge < -0.3 is 29.9 Å². The summed E-state index contributed by atoms with van der Waals surface area (Å²) >= 11 is 13.0. The van der Waals surface area contributed by atoms with E-state index in [0.717, 1.165) is 49.2 Å². The van der Waals surface area contributed by atoms with Crippen LogP contribution in [0.15, 0.2) is 76.4 Å². The summed E-state index contributed by atoms with van der Waals surface area (Å²) in [5.41, 5.74) is 2.21. The second kappa shape index (κ2) is 16.0. The second-order valence-electron chi connectivity index (χ2n) is 14.7. The number of carboxylic acids is 1. The van der Waals surface area contributed by atoms with Crippen LogP contribution in [0.2, 0.25) is 10.0 Å². The van der Waals surface area contributed by atoms with E-state index in [2.05, 4.69) is 30.6 Å². The molecule has 3 amide bonds. The highest BCUT2D eigenvalue weighted by Gasteiger charge is 2.44. The molecular formula is C39H44Cl2N8O5. The van der Waals surface area contributed by atoms with Crippen LogP contribution in [0.25, 0.3) is 0 Å². The summed E-state index contributed by atoms with van der Waals surface area (Å²) in [5.74, 6) is -1.06. The lowest BCUT2D eigenvalue weighted by Crippen LogP contribution is -2.57. The van der Waals surface area contributed by atoms with Crippen molar-refractivity contribution in [2.75, 3.05) is 52.9 Å². The van der Waals surface area contributed by atoms with Crippen molar-refractivity contribution in [1.82, 2.24) is 25.0 Å². The molecule has 15 heteroatoms. The Morgan fingerprint density at radius 1 is 0.981 bits per heavy atom. The minimum absolute atomic E-state index is 0.124. The van der Waals surface area contributed by atoms with E-state index in [1.807, 2.05) is 53.6 Å². The highest BCUT2D eigenvalue weighted by Crippen LogP contribution is 2.42. The third kappa shape index (κ3) is 7.80. The molecular weight excluding hydrogens is 731 g/mol. The molecule has 1 aromatic heterocycles. The molecule has 0 aliphatic carbocycles. The maximum atomic E-state index is 14.2. The summed E-state index contributed by atoms with van der Waals surface area (Å²) in [7, 11) is 1.56. The first kappa shape index (κ1) is 37.7. The Balaban J connectivity index is 1.08. The lowest BCUT2D eigenvalue weighted by Gasteiger charge is -2.44. The maximum absolute atomic E-state index is 14.2. The molecule has 0 radical (unpaired) electrons. The Hall–Kier alpha value is -4.59. The van der Waals surface area contributed by atoms with E-state index < -0.39 is 17.4 Å². The van der Waals surface area contributed by atoms with Crippen LogP contribution in [0.3, 0.4) is 0 Å². The summed E-state index contributed by atoms with van der Waals surface area (Å²) in [6.07, 6.45) is 9.22. The number of rotatable bonds is 10. The number of ether oxygens (including phenoxy) is 1. The molecule has 3 aromatic rings. The number of hydrogen-bond acceptors (Lipinski definition) is 9. The number of methoxy groups -OCH3 is 1. The van der Waals surface area contributed by atoms with Crippen molar-refractivity contribution >= 4 is 47.3 Å². The van der Waals surface area contributed by atoms with Crippen molar-refractivity contribution in [2.45, 2.75) is 55.5 Å². The Morgan fingerprint density at radius 2 is 1.81 bits per heavy atom. The summed E-state index contributed by atoms with van der Waals surface area (Å²) in [4.78, 5) is 49.9. The van der Waals surface area contributed by atoms with E-state index in [4.69, 9.17) is 27.9 Å². The number of amides is 3. The first-order valence-electron chi connectivity index (χ1n) is 18.4. The lowest BCUT2D eigenvalue weighted by atomic mass is 9.76. The smallest absolute Gasteiger partial charge is 0.318 e. The molecule has 3 fully saturated rings. The maximum Gasteiger partial charge on any atom is 0.318 e. The van der Waals surface area contributed by atoms with Crippen molar-refractivity contribution in [3.8, 4) is 5.75 Å². The number of likely N-dealkylation sites (tertiary alicyclic amines) is 3. The molecule has 0 spiro atoms. The largest absolute Gasteiger partial charge is 0.496 e. The number of aliphatic carboxylic acids is 1. The quantitative estimate of drug-likeness (QED) is 0.237. The SMILES string of the molecule is COc1ccc(C2C=NN=N2)cc1C(=O)N1CCC(CCN2CCC(NC(=O)N3CCCC(C(=O)O)C3)(c3cccnc3)CC2)(c2ccc(Cl)c(Cl)c2)C1. The van der Waals surface area contributed by atoms with E-state index in [0.29, 0.717) is 66.7 Å². The number of carboxylic acid groups (broad SMARTS) is 1. The molecule has 3 atom stereocenters. The monoisotopic (exact) mass is 774 g/mol. The first-order valence-corrected chi connectivity index (χ1v) is 19.1. The Bertz CT molecular complexity index is 1930. The number of hydrogen-bond donors (Lipinski definition) is 2.